The minimum Gasteiger partial charge on any atom is -0.437 e. The molecule has 2 amide bonds. The number of halogens is 1. The smallest absolute Gasteiger partial charge is 0.324 e. The molecule has 0 bridgehead atoms. The lowest BCUT2D eigenvalue weighted by Gasteiger charge is -2.14. The zero-order valence-corrected chi connectivity index (χ0v) is 20.5. The summed E-state index contributed by atoms with van der Waals surface area (Å²) in [6, 6.07) is 16.0. The van der Waals surface area contributed by atoms with Gasteiger partial charge >= 0.3 is 6.03 Å². The van der Waals surface area contributed by atoms with Crippen LogP contribution in [0.1, 0.15) is 26.5 Å². The molecule has 0 aliphatic rings. The largest absolute Gasteiger partial charge is 0.437 e. The van der Waals surface area contributed by atoms with Crippen LogP contribution in [0.3, 0.4) is 0 Å². The van der Waals surface area contributed by atoms with Gasteiger partial charge in [-0.05, 0) is 30.3 Å². The fourth-order valence-corrected chi connectivity index (χ4v) is 3.69. The maximum absolute atomic E-state index is 12.9. The second-order valence-corrected chi connectivity index (χ2v) is 9.46. The summed E-state index contributed by atoms with van der Waals surface area (Å²) in [6.07, 6.45) is 2.94. The molecule has 3 heterocycles. The van der Waals surface area contributed by atoms with Crippen LogP contribution in [-0.2, 0) is 5.41 Å². The van der Waals surface area contributed by atoms with E-state index in [0.717, 1.165) is 11.4 Å². The summed E-state index contributed by atoms with van der Waals surface area (Å²) in [6.45, 7) is 6.21. The summed E-state index contributed by atoms with van der Waals surface area (Å²) in [5, 5.41) is 18.0. The molecule has 10 nitrogen and oxygen atoms in total. The molecule has 0 aliphatic heterocycles. The van der Waals surface area contributed by atoms with Crippen molar-refractivity contribution in [3.8, 4) is 17.3 Å². The number of nitrogens with one attached hydrogen (secondary N) is 3. The molecule has 182 valence electrons. The van der Waals surface area contributed by atoms with Gasteiger partial charge in [0.05, 0.1) is 22.6 Å². The van der Waals surface area contributed by atoms with Gasteiger partial charge in [0.2, 0.25) is 5.88 Å². The monoisotopic (exact) mass is 502 g/mol. The molecule has 36 heavy (non-hydrogen) atoms. The normalized spacial score (nSPS) is 11.4. The molecule has 11 heteroatoms. The molecule has 0 aliphatic carbocycles. The number of carbonyl (C=O) groups is 1. The Hall–Kier alpha value is -4.44. The molecule has 3 N–H and O–H groups in total. The average Bonchev–Trinajstić information content (AvgIpc) is 3.49. The zero-order valence-electron chi connectivity index (χ0n) is 19.8. The number of para-hydroxylation sites is 1. The van der Waals surface area contributed by atoms with Gasteiger partial charge in [-0.25, -0.2) is 19.4 Å². The maximum atomic E-state index is 12.9. The van der Waals surface area contributed by atoms with E-state index in [0.29, 0.717) is 39.2 Å². The summed E-state index contributed by atoms with van der Waals surface area (Å²) in [5.74, 6) is 1.24. The average molecular weight is 503 g/mol. The van der Waals surface area contributed by atoms with Gasteiger partial charge in [-0.2, -0.15) is 10.2 Å². The Morgan fingerprint density at radius 3 is 2.61 bits per heavy atom. The molecule has 2 aromatic carbocycles. The van der Waals surface area contributed by atoms with Crippen molar-refractivity contribution in [1.29, 1.82) is 0 Å². The van der Waals surface area contributed by atoms with E-state index >= 15 is 0 Å². The topological polar surface area (TPSA) is 123 Å². The van der Waals surface area contributed by atoms with E-state index < -0.39 is 6.03 Å². The Kier molecular flexibility index (Phi) is 6.03. The first-order valence-electron chi connectivity index (χ1n) is 11.1. The number of rotatable bonds is 5. The number of carbonyl (C=O) groups excluding carboxylic acids is 1. The number of aromatic nitrogens is 6. The number of nitrogens with zero attached hydrogens (tertiary/aromatic N) is 5. The third-order valence-corrected chi connectivity index (χ3v) is 5.62. The van der Waals surface area contributed by atoms with Gasteiger partial charge in [0.15, 0.2) is 5.65 Å². The van der Waals surface area contributed by atoms with E-state index in [1.54, 1.807) is 29.1 Å². The maximum Gasteiger partial charge on any atom is 0.324 e. The predicted octanol–water partition coefficient (Wildman–Crippen LogP) is 5.93. The molecule has 5 aromatic rings. The lowest BCUT2D eigenvalue weighted by molar-refractivity contribution is 0.262. The van der Waals surface area contributed by atoms with Gasteiger partial charge in [-0.3, -0.25) is 10.4 Å². The number of urea groups is 1. The summed E-state index contributed by atoms with van der Waals surface area (Å²) in [4.78, 5) is 21.1. The Balaban J connectivity index is 1.33. The minimum absolute atomic E-state index is 0.192. The highest BCUT2D eigenvalue weighted by molar-refractivity contribution is 6.32. The number of hydrogen-bond acceptors (Lipinski definition) is 6. The number of fused-ring (bicyclic) bond motifs is 1. The van der Waals surface area contributed by atoms with Crippen LogP contribution in [0.2, 0.25) is 5.02 Å². The SMILES string of the molecule is CC(C)(C)c1cc(NC(=O)Nc2ccc(Oc3ncnc4[nH]ncc34)c(Cl)c2)n(-c2ccccc2)n1. The van der Waals surface area contributed by atoms with Gasteiger partial charge in [0.1, 0.15) is 23.3 Å². The highest BCUT2D eigenvalue weighted by Gasteiger charge is 2.21. The first-order chi connectivity index (χ1) is 17.3. The highest BCUT2D eigenvalue weighted by Crippen LogP contribution is 2.33. The highest BCUT2D eigenvalue weighted by atomic mass is 35.5. The number of hydrogen-bond donors (Lipinski definition) is 3. The summed E-state index contributed by atoms with van der Waals surface area (Å²) < 4.78 is 7.56. The summed E-state index contributed by atoms with van der Waals surface area (Å²) >= 11 is 6.43. The molecule has 0 radical (unpaired) electrons. The first kappa shape index (κ1) is 23.3. The molecule has 0 fully saturated rings. The number of aromatic amines is 1. The van der Waals surface area contributed by atoms with Gasteiger partial charge in [0, 0.05) is 17.2 Å². The Bertz CT molecular complexity index is 1540. The van der Waals surface area contributed by atoms with Gasteiger partial charge < -0.3 is 10.1 Å². The van der Waals surface area contributed by atoms with Crippen molar-refractivity contribution >= 4 is 40.2 Å². The second kappa shape index (κ2) is 9.31. The molecule has 0 spiro atoms. The third-order valence-electron chi connectivity index (χ3n) is 5.33. The number of benzene rings is 2. The van der Waals surface area contributed by atoms with Crippen molar-refractivity contribution in [1.82, 2.24) is 29.9 Å². The molecule has 0 atom stereocenters. The molecule has 0 unspecified atom stereocenters. The van der Waals surface area contributed by atoms with E-state index in [1.165, 1.54) is 6.33 Å². The molecular formula is C25H23ClN8O2. The van der Waals surface area contributed by atoms with Crippen molar-refractivity contribution in [2.45, 2.75) is 26.2 Å². The van der Waals surface area contributed by atoms with Gasteiger partial charge in [-0.15, -0.1) is 0 Å². The van der Waals surface area contributed by atoms with Crippen molar-refractivity contribution in [3.05, 3.63) is 77.8 Å². The molecule has 5 rings (SSSR count). The molecule has 0 saturated heterocycles. The van der Waals surface area contributed by atoms with E-state index in [9.17, 15) is 4.79 Å². The van der Waals surface area contributed by atoms with Gasteiger partial charge in [-0.1, -0.05) is 50.6 Å². The van der Waals surface area contributed by atoms with Gasteiger partial charge in [0.25, 0.3) is 0 Å². The van der Waals surface area contributed by atoms with E-state index in [-0.39, 0.29) is 5.41 Å². The lowest BCUT2D eigenvalue weighted by Crippen LogP contribution is -2.21. The van der Waals surface area contributed by atoms with Crippen molar-refractivity contribution < 1.29 is 9.53 Å². The van der Waals surface area contributed by atoms with Crippen LogP contribution < -0.4 is 15.4 Å². The molecule has 0 saturated carbocycles. The zero-order chi connectivity index (χ0) is 25.3. The van der Waals surface area contributed by atoms with Crippen molar-refractivity contribution in [2.75, 3.05) is 10.6 Å². The summed E-state index contributed by atoms with van der Waals surface area (Å²) in [7, 11) is 0. The lowest BCUT2D eigenvalue weighted by atomic mass is 9.92. The Labute approximate surface area is 211 Å². The number of amides is 2. The standard InChI is InChI=1S/C25H23ClN8O2/c1-25(2,3)20-12-21(34(33-20)16-7-5-4-6-8-16)31-24(35)30-15-9-10-19(18(26)11-15)36-23-17-13-29-32-22(17)27-14-28-23/h4-14H,1-3H3,(H2,30,31,35)(H,27,28,29,32). The van der Waals surface area contributed by atoms with Crippen LogP contribution in [0, 0.1) is 0 Å². The number of ether oxygens (including phenoxy) is 1. The van der Waals surface area contributed by atoms with Crippen molar-refractivity contribution in [3.63, 3.8) is 0 Å². The minimum atomic E-state index is -0.437. The fraction of sp³-hybridized carbons (Fsp3) is 0.160. The Morgan fingerprint density at radius 2 is 1.86 bits per heavy atom. The molecule has 3 aromatic heterocycles. The van der Waals surface area contributed by atoms with Crippen molar-refractivity contribution in [2.24, 2.45) is 0 Å². The van der Waals surface area contributed by atoms with E-state index in [4.69, 9.17) is 21.4 Å². The van der Waals surface area contributed by atoms with Crippen LogP contribution in [0.15, 0.2) is 67.1 Å². The number of anilines is 2. The van der Waals surface area contributed by atoms with Crippen LogP contribution in [0.25, 0.3) is 16.7 Å². The van der Waals surface area contributed by atoms with Crippen LogP contribution in [0.5, 0.6) is 11.6 Å². The van der Waals surface area contributed by atoms with E-state index in [2.05, 4.69) is 51.6 Å². The molecular weight excluding hydrogens is 480 g/mol. The first-order valence-corrected chi connectivity index (χ1v) is 11.5. The second-order valence-electron chi connectivity index (χ2n) is 9.05. The summed E-state index contributed by atoms with van der Waals surface area (Å²) in [5.41, 5.74) is 2.53. The van der Waals surface area contributed by atoms with Crippen LogP contribution >= 0.6 is 11.6 Å². The quantitative estimate of drug-likeness (QED) is 0.274. The fourth-order valence-electron chi connectivity index (χ4n) is 3.47. The predicted molar refractivity (Wildman–Crippen MR) is 138 cm³/mol. The third kappa shape index (κ3) is 4.84. The van der Waals surface area contributed by atoms with Crippen LogP contribution in [0.4, 0.5) is 16.3 Å². The van der Waals surface area contributed by atoms with E-state index in [1.807, 2.05) is 36.4 Å². The Morgan fingerprint density at radius 1 is 1.06 bits per heavy atom. The van der Waals surface area contributed by atoms with Crippen LogP contribution in [-0.4, -0.2) is 36.0 Å². The number of H-pyrrole nitrogens is 1.